The zero-order valence-corrected chi connectivity index (χ0v) is 18.9. The van der Waals surface area contributed by atoms with E-state index in [1.54, 1.807) is 34.6 Å². The molecular formula is C24H29FN2O4S. The highest BCUT2D eigenvalue weighted by atomic mass is 32.2. The number of hydrogen-bond donors (Lipinski definition) is 1. The van der Waals surface area contributed by atoms with Crippen molar-refractivity contribution >= 4 is 21.6 Å². The van der Waals surface area contributed by atoms with Crippen molar-refractivity contribution in [2.45, 2.75) is 48.8 Å². The van der Waals surface area contributed by atoms with Crippen LogP contribution in [0.15, 0.2) is 53.4 Å². The quantitative estimate of drug-likeness (QED) is 0.730. The summed E-state index contributed by atoms with van der Waals surface area (Å²) in [4.78, 5) is 13.6. The number of rotatable bonds is 5. The monoisotopic (exact) mass is 460 g/mol. The van der Waals surface area contributed by atoms with Crippen LogP contribution in [0.4, 0.5) is 10.1 Å². The second kappa shape index (κ2) is 9.68. The van der Waals surface area contributed by atoms with E-state index in [9.17, 15) is 17.6 Å². The molecule has 32 heavy (non-hydrogen) atoms. The van der Waals surface area contributed by atoms with Crippen LogP contribution in [0.5, 0.6) is 0 Å². The van der Waals surface area contributed by atoms with Gasteiger partial charge in [-0.15, -0.1) is 0 Å². The summed E-state index contributed by atoms with van der Waals surface area (Å²) in [6.45, 7) is 1.89. The molecule has 2 heterocycles. The number of halogens is 1. The first-order valence-corrected chi connectivity index (χ1v) is 12.6. The van der Waals surface area contributed by atoms with Gasteiger partial charge in [0.2, 0.25) is 15.9 Å². The molecule has 0 bridgehead atoms. The van der Waals surface area contributed by atoms with Gasteiger partial charge in [0.1, 0.15) is 5.82 Å². The standard InChI is InChI=1S/C24H29FN2O4S/c25-20-10-8-19(9-11-20)24(12-16-31-17-13-24)23(28)26-21-6-5-7-22(18-21)32(29,30)27-14-3-1-2-4-15-27/h5-11,18H,1-4,12-17H2,(H,26,28). The van der Waals surface area contributed by atoms with Crippen LogP contribution in [0.1, 0.15) is 44.1 Å². The van der Waals surface area contributed by atoms with Crippen LogP contribution in [-0.2, 0) is 25.0 Å². The number of ether oxygens (including phenoxy) is 1. The minimum absolute atomic E-state index is 0.181. The molecule has 0 aliphatic carbocycles. The summed E-state index contributed by atoms with van der Waals surface area (Å²) in [6.07, 6.45) is 4.73. The molecule has 2 aromatic carbocycles. The van der Waals surface area contributed by atoms with Crippen LogP contribution >= 0.6 is 0 Å². The summed E-state index contributed by atoms with van der Waals surface area (Å²) >= 11 is 0. The summed E-state index contributed by atoms with van der Waals surface area (Å²) in [5.74, 6) is -0.598. The lowest BCUT2D eigenvalue weighted by Crippen LogP contribution is -2.44. The molecular weight excluding hydrogens is 431 g/mol. The lowest BCUT2D eigenvalue weighted by molar-refractivity contribution is -0.125. The molecule has 6 nitrogen and oxygen atoms in total. The maximum absolute atomic E-state index is 13.5. The summed E-state index contributed by atoms with van der Waals surface area (Å²) in [5, 5.41) is 2.92. The smallest absolute Gasteiger partial charge is 0.243 e. The Hall–Kier alpha value is -2.29. The number of nitrogens with one attached hydrogen (secondary N) is 1. The summed E-state index contributed by atoms with van der Waals surface area (Å²) < 4.78 is 46.8. The SMILES string of the molecule is O=C(Nc1cccc(S(=O)(=O)N2CCCCCC2)c1)C1(c2ccc(F)cc2)CCOCC1. The van der Waals surface area contributed by atoms with Crippen molar-refractivity contribution in [2.75, 3.05) is 31.6 Å². The molecule has 0 unspecified atom stereocenters. The molecule has 0 atom stereocenters. The first-order chi connectivity index (χ1) is 15.4. The molecule has 4 rings (SSSR count). The van der Waals surface area contributed by atoms with E-state index < -0.39 is 15.4 Å². The Labute approximate surface area is 188 Å². The molecule has 0 saturated carbocycles. The third-order valence-electron chi connectivity index (χ3n) is 6.47. The highest BCUT2D eigenvalue weighted by Gasteiger charge is 2.42. The van der Waals surface area contributed by atoms with E-state index in [1.165, 1.54) is 18.2 Å². The van der Waals surface area contributed by atoms with Gasteiger partial charge in [0, 0.05) is 32.0 Å². The van der Waals surface area contributed by atoms with Gasteiger partial charge in [-0.25, -0.2) is 12.8 Å². The number of carbonyl (C=O) groups excluding carboxylic acids is 1. The molecule has 2 saturated heterocycles. The fraction of sp³-hybridized carbons (Fsp3) is 0.458. The van der Waals surface area contributed by atoms with Gasteiger partial charge < -0.3 is 10.1 Å². The molecule has 1 N–H and O–H groups in total. The van der Waals surface area contributed by atoms with E-state index in [1.807, 2.05) is 0 Å². The van der Waals surface area contributed by atoms with E-state index in [-0.39, 0.29) is 16.6 Å². The Balaban J connectivity index is 1.59. The molecule has 2 fully saturated rings. The lowest BCUT2D eigenvalue weighted by atomic mass is 9.73. The van der Waals surface area contributed by atoms with Crippen molar-refractivity contribution in [3.05, 3.63) is 59.9 Å². The van der Waals surface area contributed by atoms with Gasteiger partial charge in [0.25, 0.3) is 0 Å². The molecule has 1 amide bonds. The van der Waals surface area contributed by atoms with E-state index in [4.69, 9.17) is 4.74 Å². The lowest BCUT2D eigenvalue weighted by Gasteiger charge is -2.36. The average molecular weight is 461 g/mol. The van der Waals surface area contributed by atoms with Gasteiger partial charge in [0.15, 0.2) is 0 Å². The third-order valence-corrected chi connectivity index (χ3v) is 8.37. The number of nitrogens with zero attached hydrogens (tertiary/aromatic N) is 1. The van der Waals surface area contributed by atoms with Crippen molar-refractivity contribution in [1.82, 2.24) is 4.31 Å². The highest BCUT2D eigenvalue weighted by Crippen LogP contribution is 2.36. The first-order valence-electron chi connectivity index (χ1n) is 11.2. The third kappa shape index (κ3) is 4.72. The Kier molecular flexibility index (Phi) is 6.93. The number of hydrogen-bond acceptors (Lipinski definition) is 4. The molecule has 0 radical (unpaired) electrons. The molecule has 2 aromatic rings. The molecule has 2 aliphatic heterocycles. The van der Waals surface area contributed by atoms with E-state index in [0.29, 0.717) is 44.8 Å². The minimum Gasteiger partial charge on any atom is -0.381 e. The molecule has 172 valence electrons. The predicted octanol–water partition coefficient (Wildman–Crippen LogP) is 4.08. The number of benzene rings is 2. The predicted molar refractivity (Wildman–Crippen MR) is 120 cm³/mol. The second-order valence-electron chi connectivity index (χ2n) is 8.50. The van der Waals surface area contributed by atoms with Crippen molar-refractivity contribution in [1.29, 1.82) is 0 Å². The number of sulfonamides is 1. The second-order valence-corrected chi connectivity index (χ2v) is 10.4. The Morgan fingerprint density at radius 2 is 1.62 bits per heavy atom. The van der Waals surface area contributed by atoms with Crippen LogP contribution in [-0.4, -0.2) is 44.9 Å². The summed E-state index contributed by atoms with van der Waals surface area (Å²) in [7, 11) is -3.62. The summed E-state index contributed by atoms with van der Waals surface area (Å²) in [6, 6.07) is 12.4. The number of anilines is 1. The Bertz CT molecular complexity index is 1040. The fourth-order valence-corrected chi connectivity index (χ4v) is 6.12. The van der Waals surface area contributed by atoms with Crippen molar-refractivity contribution in [3.8, 4) is 0 Å². The molecule has 2 aliphatic rings. The van der Waals surface area contributed by atoms with Crippen LogP contribution < -0.4 is 5.32 Å². The van der Waals surface area contributed by atoms with Crippen molar-refractivity contribution < 1.29 is 22.3 Å². The number of amides is 1. The van der Waals surface area contributed by atoms with Crippen molar-refractivity contribution in [3.63, 3.8) is 0 Å². The van der Waals surface area contributed by atoms with Crippen LogP contribution in [0.2, 0.25) is 0 Å². The normalized spacial score (nSPS) is 19.8. The minimum atomic E-state index is -3.62. The van der Waals surface area contributed by atoms with Crippen LogP contribution in [0.3, 0.4) is 0 Å². The Morgan fingerprint density at radius 3 is 2.28 bits per heavy atom. The summed E-state index contributed by atoms with van der Waals surface area (Å²) in [5.41, 5.74) is 0.304. The van der Waals surface area contributed by atoms with E-state index in [0.717, 1.165) is 31.2 Å². The van der Waals surface area contributed by atoms with E-state index in [2.05, 4.69) is 5.32 Å². The zero-order chi connectivity index (χ0) is 22.6. The topological polar surface area (TPSA) is 75.7 Å². The van der Waals surface area contributed by atoms with E-state index >= 15 is 0 Å². The van der Waals surface area contributed by atoms with Crippen LogP contribution in [0.25, 0.3) is 0 Å². The molecule has 0 aromatic heterocycles. The van der Waals surface area contributed by atoms with Gasteiger partial charge >= 0.3 is 0 Å². The fourth-order valence-electron chi connectivity index (χ4n) is 4.55. The van der Waals surface area contributed by atoms with Gasteiger partial charge in [-0.2, -0.15) is 4.31 Å². The largest absolute Gasteiger partial charge is 0.381 e. The van der Waals surface area contributed by atoms with Gasteiger partial charge in [-0.3, -0.25) is 4.79 Å². The maximum atomic E-state index is 13.5. The van der Waals surface area contributed by atoms with Crippen LogP contribution in [0, 0.1) is 5.82 Å². The zero-order valence-electron chi connectivity index (χ0n) is 18.1. The van der Waals surface area contributed by atoms with Gasteiger partial charge in [-0.1, -0.05) is 31.0 Å². The molecule has 0 spiro atoms. The van der Waals surface area contributed by atoms with Gasteiger partial charge in [-0.05, 0) is 61.6 Å². The highest BCUT2D eigenvalue weighted by molar-refractivity contribution is 7.89. The maximum Gasteiger partial charge on any atom is 0.243 e. The average Bonchev–Trinajstić information content (AvgIpc) is 3.10. The Morgan fingerprint density at radius 1 is 0.969 bits per heavy atom. The van der Waals surface area contributed by atoms with Gasteiger partial charge in [0.05, 0.1) is 10.3 Å². The first kappa shape index (κ1) is 22.9. The number of carbonyl (C=O) groups is 1. The molecule has 8 heteroatoms. The van der Waals surface area contributed by atoms with Crippen molar-refractivity contribution in [2.24, 2.45) is 0 Å².